The summed E-state index contributed by atoms with van der Waals surface area (Å²) in [4.78, 5) is 6.93. The van der Waals surface area contributed by atoms with Gasteiger partial charge in [0.2, 0.25) is 0 Å². The lowest BCUT2D eigenvalue weighted by molar-refractivity contribution is 0.154. The third-order valence-corrected chi connectivity index (χ3v) is 6.06. The second kappa shape index (κ2) is 12.7. The standard InChI is InChI=1S/C28H40ClN5O/c1-7-19(2)26(16-20(3)30)34-14-12-25(13-15-34)32-21(4)33-27(28(5,6)35)18-24(31)17-22-8-10-23(29)11-9-22/h7-11,16,18,25,32,35H,1,4,12-15,17,30-31H2,2-3,5-6H3/b20-16-,24-18-,26-19+,33-27?. The molecule has 7 heteroatoms. The summed E-state index contributed by atoms with van der Waals surface area (Å²) in [6.07, 6.45) is 7.96. The van der Waals surface area contributed by atoms with Crippen molar-refractivity contribution in [2.75, 3.05) is 13.1 Å². The van der Waals surface area contributed by atoms with Crippen molar-refractivity contribution < 1.29 is 5.11 Å². The average Bonchev–Trinajstić information content (AvgIpc) is 2.78. The number of aliphatic hydroxyl groups is 1. The van der Waals surface area contributed by atoms with Crippen LogP contribution in [-0.4, -0.2) is 40.5 Å². The van der Waals surface area contributed by atoms with Crippen LogP contribution in [-0.2, 0) is 6.42 Å². The number of nitrogens with two attached hydrogens (primary N) is 2. The fourth-order valence-electron chi connectivity index (χ4n) is 3.86. The van der Waals surface area contributed by atoms with Gasteiger partial charge in [-0.1, -0.05) is 43.0 Å². The average molecular weight is 498 g/mol. The Hall–Kier alpha value is -2.96. The van der Waals surface area contributed by atoms with Gasteiger partial charge in [-0.15, -0.1) is 0 Å². The molecule has 0 radical (unpaired) electrons. The molecule has 0 spiro atoms. The Bertz CT molecular complexity index is 1020. The molecule has 0 bridgehead atoms. The maximum atomic E-state index is 10.7. The molecule has 0 atom stereocenters. The fraction of sp³-hybridized carbons (Fsp3) is 0.393. The molecule has 1 heterocycles. The Balaban J connectivity index is 2.06. The van der Waals surface area contributed by atoms with E-state index in [2.05, 4.69) is 28.4 Å². The summed E-state index contributed by atoms with van der Waals surface area (Å²) in [7, 11) is 0. The third kappa shape index (κ3) is 9.30. The maximum Gasteiger partial charge on any atom is 0.119 e. The quantitative estimate of drug-likeness (QED) is 0.275. The molecule has 0 aliphatic carbocycles. The Labute approximate surface area is 215 Å². The number of hydrogen-bond donors (Lipinski definition) is 4. The molecule has 0 aromatic heterocycles. The van der Waals surface area contributed by atoms with Crippen LogP contribution < -0.4 is 16.8 Å². The normalized spacial score (nSPS) is 17.2. The van der Waals surface area contributed by atoms with Crippen molar-refractivity contribution in [2.45, 2.75) is 58.6 Å². The predicted molar refractivity (Wildman–Crippen MR) is 149 cm³/mol. The van der Waals surface area contributed by atoms with E-state index in [9.17, 15) is 5.11 Å². The highest BCUT2D eigenvalue weighted by Crippen LogP contribution is 2.21. The molecule has 6 nitrogen and oxygen atoms in total. The summed E-state index contributed by atoms with van der Waals surface area (Å²) in [5.74, 6) is 0.506. The van der Waals surface area contributed by atoms with Crippen molar-refractivity contribution in [1.29, 1.82) is 0 Å². The monoisotopic (exact) mass is 497 g/mol. The van der Waals surface area contributed by atoms with Crippen molar-refractivity contribution in [3.8, 4) is 0 Å². The SMILES string of the molecule is C=C/C(C)=C(\C=C(\C)N)N1CCC(NC(=C)N=C(/C=C(\N)Cc2ccc(Cl)cc2)C(C)(C)O)CC1. The lowest BCUT2D eigenvalue weighted by atomic mass is 10.00. The zero-order valence-corrected chi connectivity index (χ0v) is 22.2. The van der Waals surface area contributed by atoms with E-state index in [1.165, 1.54) is 0 Å². The first kappa shape index (κ1) is 28.3. The van der Waals surface area contributed by atoms with Gasteiger partial charge in [-0.3, -0.25) is 0 Å². The minimum absolute atomic E-state index is 0.231. The summed E-state index contributed by atoms with van der Waals surface area (Å²) in [6.45, 7) is 17.1. The van der Waals surface area contributed by atoms with Gasteiger partial charge in [-0.2, -0.15) is 0 Å². The molecule has 35 heavy (non-hydrogen) atoms. The Morgan fingerprint density at radius 2 is 1.80 bits per heavy atom. The van der Waals surface area contributed by atoms with E-state index in [0.29, 0.717) is 28.7 Å². The van der Waals surface area contributed by atoms with E-state index >= 15 is 0 Å². The van der Waals surface area contributed by atoms with Crippen LogP contribution in [0.4, 0.5) is 0 Å². The molecule has 1 saturated heterocycles. The van der Waals surface area contributed by atoms with Gasteiger partial charge in [-0.25, -0.2) is 4.99 Å². The van der Waals surface area contributed by atoms with Gasteiger partial charge in [0.25, 0.3) is 0 Å². The van der Waals surface area contributed by atoms with E-state index in [0.717, 1.165) is 48.5 Å². The van der Waals surface area contributed by atoms with E-state index < -0.39 is 5.60 Å². The maximum absolute atomic E-state index is 10.7. The third-order valence-electron chi connectivity index (χ3n) is 5.81. The van der Waals surface area contributed by atoms with Crippen LogP contribution in [0.3, 0.4) is 0 Å². The van der Waals surface area contributed by atoms with Crippen LogP contribution in [0.25, 0.3) is 0 Å². The van der Waals surface area contributed by atoms with Crippen LogP contribution in [0.15, 0.2) is 89.1 Å². The van der Waals surface area contributed by atoms with Crippen molar-refractivity contribution in [2.24, 2.45) is 16.5 Å². The van der Waals surface area contributed by atoms with Crippen LogP contribution in [0, 0.1) is 0 Å². The van der Waals surface area contributed by atoms with Crippen molar-refractivity contribution >= 4 is 17.3 Å². The van der Waals surface area contributed by atoms with Gasteiger partial charge in [0, 0.05) is 47.7 Å². The number of halogens is 1. The van der Waals surface area contributed by atoms with Gasteiger partial charge in [0.05, 0.1) is 5.71 Å². The number of nitrogens with one attached hydrogen (secondary N) is 1. The molecular weight excluding hydrogens is 458 g/mol. The smallest absolute Gasteiger partial charge is 0.119 e. The predicted octanol–water partition coefficient (Wildman–Crippen LogP) is 4.78. The van der Waals surface area contributed by atoms with E-state index in [4.69, 9.17) is 23.1 Å². The molecule has 1 fully saturated rings. The summed E-state index contributed by atoms with van der Waals surface area (Å²) in [5.41, 5.74) is 16.1. The van der Waals surface area contributed by atoms with E-state index in [-0.39, 0.29) is 6.04 Å². The van der Waals surface area contributed by atoms with Gasteiger partial charge in [-0.05, 0) is 76.0 Å². The van der Waals surface area contributed by atoms with E-state index in [1.54, 1.807) is 19.9 Å². The summed E-state index contributed by atoms with van der Waals surface area (Å²) in [6, 6.07) is 7.75. The molecular formula is C28H40ClN5O. The zero-order valence-electron chi connectivity index (χ0n) is 21.4. The molecule has 1 aromatic carbocycles. The minimum atomic E-state index is -1.17. The number of aliphatic imine (C=N–C) groups is 1. The van der Waals surface area contributed by atoms with Gasteiger partial charge in [0.1, 0.15) is 11.4 Å². The van der Waals surface area contributed by atoms with Gasteiger partial charge >= 0.3 is 0 Å². The topological polar surface area (TPSA) is 99.9 Å². The Kier molecular flexibility index (Phi) is 10.2. The zero-order chi connectivity index (χ0) is 26.2. The number of allylic oxidation sites excluding steroid dienone is 5. The number of rotatable bonds is 10. The second-order valence-electron chi connectivity index (χ2n) is 9.59. The lowest BCUT2D eigenvalue weighted by Crippen LogP contribution is -2.42. The highest BCUT2D eigenvalue weighted by atomic mass is 35.5. The molecule has 1 aliphatic rings. The van der Waals surface area contributed by atoms with Crippen molar-refractivity contribution in [1.82, 2.24) is 10.2 Å². The van der Waals surface area contributed by atoms with E-state index in [1.807, 2.05) is 50.3 Å². The molecule has 6 N–H and O–H groups in total. The van der Waals surface area contributed by atoms with Crippen LogP contribution >= 0.6 is 11.6 Å². The highest BCUT2D eigenvalue weighted by molar-refractivity contribution is 6.30. The Morgan fingerprint density at radius 3 is 2.31 bits per heavy atom. The number of hydrogen-bond acceptors (Lipinski definition) is 6. The number of nitrogens with zero attached hydrogens (tertiary/aromatic N) is 2. The van der Waals surface area contributed by atoms with Crippen LogP contribution in [0.5, 0.6) is 0 Å². The highest BCUT2D eigenvalue weighted by Gasteiger charge is 2.23. The molecule has 2 rings (SSSR count). The minimum Gasteiger partial charge on any atom is -0.402 e. The first-order valence-corrected chi connectivity index (χ1v) is 12.3. The lowest BCUT2D eigenvalue weighted by Gasteiger charge is -2.35. The molecule has 0 saturated carbocycles. The van der Waals surface area contributed by atoms with Crippen molar-refractivity contribution in [3.05, 3.63) is 94.7 Å². The van der Waals surface area contributed by atoms with Crippen molar-refractivity contribution in [3.63, 3.8) is 0 Å². The summed E-state index contributed by atoms with van der Waals surface area (Å²) < 4.78 is 0. The largest absolute Gasteiger partial charge is 0.402 e. The first-order chi connectivity index (χ1) is 16.4. The molecule has 190 valence electrons. The van der Waals surface area contributed by atoms with Crippen LogP contribution in [0.2, 0.25) is 5.02 Å². The summed E-state index contributed by atoms with van der Waals surface area (Å²) in [5, 5.41) is 14.8. The molecule has 0 unspecified atom stereocenters. The second-order valence-corrected chi connectivity index (χ2v) is 10.0. The summed E-state index contributed by atoms with van der Waals surface area (Å²) >= 11 is 5.96. The molecule has 1 aromatic rings. The first-order valence-electron chi connectivity index (χ1n) is 11.9. The number of piperidine rings is 1. The fourth-order valence-corrected chi connectivity index (χ4v) is 3.99. The van der Waals surface area contributed by atoms with Gasteiger partial charge in [0.15, 0.2) is 0 Å². The molecule has 1 aliphatic heterocycles. The Morgan fingerprint density at radius 1 is 1.20 bits per heavy atom. The van der Waals surface area contributed by atoms with Gasteiger partial charge < -0.3 is 26.8 Å². The number of likely N-dealkylation sites (tertiary alicyclic amines) is 1. The molecule has 0 amide bonds. The number of benzene rings is 1. The van der Waals surface area contributed by atoms with Crippen LogP contribution in [0.1, 0.15) is 46.1 Å².